The first kappa shape index (κ1) is 19.4. The number of nitrogens with zero attached hydrogens (tertiary/aromatic N) is 3. The summed E-state index contributed by atoms with van der Waals surface area (Å²) in [4.78, 5) is 36.5. The molecule has 3 N–H and O–H groups in total. The van der Waals surface area contributed by atoms with Crippen LogP contribution in [0.5, 0.6) is 5.75 Å². The molecule has 0 aromatic carbocycles. The lowest BCUT2D eigenvalue weighted by Gasteiger charge is -2.20. The van der Waals surface area contributed by atoms with Crippen LogP contribution in [0.25, 0.3) is 0 Å². The fourth-order valence-electron chi connectivity index (χ4n) is 2.45. The van der Waals surface area contributed by atoms with Gasteiger partial charge in [-0.1, -0.05) is 13.8 Å². The maximum atomic E-state index is 11.7. The van der Waals surface area contributed by atoms with Crippen LogP contribution in [0.2, 0.25) is 0 Å². The van der Waals surface area contributed by atoms with E-state index in [9.17, 15) is 19.8 Å². The van der Waals surface area contributed by atoms with E-state index >= 15 is 0 Å². The zero-order valence-corrected chi connectivity index (χ0v) is 14.6. The number of imidazole rings is 1. The summed E-state index contributed by atoms with van der Waals surface area (Å²) in [5, 5.41) is 21.7. The van der Waals surface area contributed by atoms with E-state index in [2.05, 4.69) is 15.3 Å². The molecule has 2 rings (SSSR count). The van der Waals surface area contributed by atoms with Gasteiger partial charge in [-0.25, -0.2) is 4.98 Å². The third kappa shape index (κ3) is 5.28. The van der Waals surface area contributed by atoms with Gasteiger partial charge in [-0.05, 0) is 24.5 Å². The highest BCUT2D eigenvalue weighted by molar-refractivity contribution is 5.76. The fourth-order valence-corrected chi connectivity index (χ4v) is 2.45. The minimum atomic E-state index is -1.11. The molecule has 0 spiro atoms. The lowest BCUT2D eigenvalue weighted by atomic mass is 10.0. The molecule has 0 aliphatic rings. The third-order valence-corrected chi connectivity index (χ3v) is 3.70. The number of pyridine rings is 1. The second-order valence-corrected chi connectivity index (χ2v) is 6.24. The second-order valence-electron chi connectivity index (χ2n) is 6.24. The van der Waals surface area contributed by atoms with E-state index in [1.165, 1.54) is 23.5 Å². The average Bonchev–Trinajstić information content (AvgIpc) is 3.02. The number of carboxylic acid groups (broad SMARTS) is 2. The van der Waals surface area contributed by atoms with Crippen molar-refractivity contribution in [1.82, 2.24) is 20.0 Å². The highest BCUT2D eigenvalue weighted by Gasteiger charge is 2.27. The Kier molecular flexibility index (Phi) is 6.67. The molecule has 0 fully saturated rings. The van der Waals surface area contributed by atoms with Gasteiger partial charge in [0, 0.05) is 12.7 Å². The van der Waals surface area contributed by atoms with Crippen LogP contribution in [0.4, 0.5) is 0 Å². The summed E-state index contributed by atoms with van der Waals surface area (Å²) in [5.74, 6) is -2.56. The normalized spacial score (nSPS) is 13.3. The Morgan fingerprint density at radius 2 is 2.00 bits per heavy atom. The van der Waals surface area contributed by atoms with Crippen molar-refractivity contribution in [2.45, 2.75) is 32.2 Å². The Labute approximate surface area is 150 Å². The van der Waals surface area contributed by atoms with E-state index in [1.807, 2.05) is 13.8 Å². The molecular weight excluding hydrogens is 340 g/mol. The van der Waals surface area contributed by atoms with Crippen molar-refractivity contribution in [1.29, 1.82) is 0 Å². The first-order chi connectivity index (χ1) is 12.4. The van der Waals surface area contributed by atoms with E-state index in [-0.39, 0.29) is 12.5 Å². The van der Waals surface area contributed by atoms with Gasteiger partial charge in [0.2, 0.25) is 0 Å². The van der Waals surface area contributed by atoms with Crippen LogP contribution in [0.15, 0.2) is 37.1 Å². The molecule has 0 saturated carbocycles. The molecule has 140 valence electrons. The minimum Gasteiger partial charge on any atom is -0.481 e. The zero-order valence-electron chi connectivity index (χ0n) is 14.6. The SMILES string of the molecule is CC(C)CC(NCC(C(=O)O)c1cncn1Oc1cccnc1)C(=O)O. The number of hydrogen-bond donors (Lipinski definition) is 3. The Balaban J connectivity index is 2.14. The van der Waals surface area contributed by atoms with Crippen molar-refractivity contribution in [3.05, 3.63) is 42.7 Å². The molecule has 2 aromatic heterocycles. The molecule has 0 aliphatic carbocycles. The Hall–Kier alpha value is -2.94. The van der Waals surface area contributed by atoms with Crippen LogP contribution in [0, 0.1) is 5.92 Å². The highest BCUT2D eigenvalue weighted by Crippen LogP contribution is 2.18. The molecular formula is C17H22N4O5. The van der Waals surface area contributed by atoms with E-state index in [4.69, 9.17) is 4.84 Å². The first-order valence-electron chi connectivity index (χ1n) is 8.18. The summed E-state index contributed by atoms with van der Waals surface area (Å²) >= 11 is 0. The summed E-state index contributed by atoms with van der Waals surface area (Å²) in [5.41, 5.74) is 0.294. The molecule has 26 heavy (non-hydrogen) atoms. The second kappa shape index (κ2) is 8.95. The fraction of sp³-hybridized carbons (Fsp3) is 0.412. The van der Waals surface area contributed by atoms with Crippen molar-refractivity contribution in [3.63, 3.8) is 0 Å². The maximum absolute atomic E-state index is 11.7. The molecule has 2 aromatic rings. The number of aliphatic carboxylic acids is 2. The zero-order chi connectivity index (χ0) is 19.1. The van der Waals surface area contributed by atoms with Crippen LogP contribution in [-0.2, 0) is 9.59 Å². The van der Waals surface area contributed by atoms with Crippen molar-refractivity contribution in [2.75, 3.05) is 6.54 Å². The number of rotatable bonds is 10. The largest absolute Gasteiger partial charge is 0.481 e. The molecule has 9 nitrogen and oxygen atoms in total. The lowest BCUT2D eigenvalue weighted by molar-refractivity contribution is -0.142. The minimum absolute atomic E-state index is 0.0683. The molecule has 0 bridgehead atoms. The van der Waals surface area contributed by atoms with E-state index in [0.29, 0.717) is 17.9 Å². The summed E-state index contributed by atoms with van der Waals surface area (Å²) < 4.78 is 1.25. The number of aromatic nitrogens is 3. The predicted octanol–water partition coefficient (Wildman–Crippen LogP) is 1.38. The summed E-state index contributed by atoms with van der Waals surface area (Å²) in [6, 6.07) is 2.53. The Morgan fingerprint density at radius 3 is 2.58 bits per heavy atom. The highest BCUT2D eigenvalue weighted by atomic mass is 16.7. The monoisotopic (exact) mass is 362 g/mol. The predicted molar refractivity (Wildman–Crippen MR) is 91.7 cm³/mol. The number of nitrogens with one attached hydrogen (secondary N) is 1. The lowest BCUT2D eigenvalue weighted by Crippen LogP contribution is -2.41. The van der Waals surface area contributed by atoms with E-state index in [1.54, 1.807) is 18.3 Å². The molecule has 0 aliphatic heterocycles. The van der Waals surface area contributed by atoms with Gasteiger partial charge >= 0.3 is 11.9 Å². The van der Waals surface area contributed by atoms with Gasteiger partial charge in [0.25, 0.3) is 0 Å². The summed E-state index contributed by atoms with van der Waals surface area (Å²) in [6.45, 7) is 3.74. The summed E-state index contributed by atoms with van der Waals surface area (Å²) in [7, 11) is 0. The van der Waals surface area contributed by atoms with Crippen LogP contribution in [0.3, 0.4) is 0 Å². The van der Waals surface area contributed by atoms with E-state index < -0.39 is 23.9 Å². The molecule has 0 saturated heterocycles. The van der Waals surface area contributed by atoms with Crippen molar-refractivity contribution in [2.24, 2.45) is 5.92 Å². The molecule has 0 radical (unpaired) electrons. The molecule has 2 atom stereocenters. The van der Waals surface area contributed by atoms with Crippen LogP contribution in [-0.4, -0.2) is 49.4 Å². The topological polar surface area (TPSA) is 127 Å². The van der Waals surface area contributed by atoms with Gasteiger partial charge in [0.15, 0.2) is 5.75 Å². The third-order valence-electron chi connectivity index (χ3n) is 3.70. The maximum Gasteiger partial charge on any atom is 0.320 e. The van der Waals surface area contributed by atoms with Crippen LogP contribution < -0.4 is 10.2 Å². The molecule has 0 amide bonds. The van der Waals surface area contributed by atoms with Crippen LogP contribution in [0.1, 0.15) is 31.9 Å². The average molecular weight is 362 g/mol. The van der Waals surface area contributed by atoms with Crippen molar-refractivity contribution < 1.29 is 24.6 Å². The quantitative estimate of drug-likeness (QED) is 0.578. The number of carboxylic acids is 2. The van der Waals surface area contributed by atoms with Crippen molar-refractivity contribution >= 4 is 11.9 Å². The molecule has 2 unspecified atom stereocenters. The van der Waals surface area contributed by atoms with Gasteiger partial charge in [-0.2, -0.15) is 4.73 Å². The van der Waals surface area contributed by atoms with Crippen molar-refractivity contribution in [3.8, 4) is 5.75 Å². The Morgan fingerprint density at radius 1 is 1.23 bits per heavy atom. The van der Waals surface area contributed by atoms with Gasteiger partial charge in [0.1, 0.15) is 18.3 Å². The van der Waals surface area contributed by atoms with Gasteiger partial charge in [-0.15, -0.1) is 0 Å². The summed E-state index contributed by atoms with van der Waals surface area (Å²) in [6.07, 6.45) is 6.20. The smallest absolute Gasteiger partial charge is 0.320 e. The van der Waals surface area contributed by atoms with E-state index in [0.717, 1.165) is 0 Å². The number of hydrogen-bond acceptors (Lipinski definition) is 6. The van der Waals surface area contributed by atoms with Crippen LogP contribution >= 0.6 is 0 Å². The first-order valence-corrected chi connectivity index (χ1v) is 8.18. The molecule has 9 heteroatoms. The van der Waals surface area contributed by atoms with Gasteiger partial charge < -0.3 is 20.4 Å². The Bertz CT molecular complexity index is 732. The number of carbonyl (C=O) groups is 2. The van der Waals surface area contributed by atoms with Gasteiger partial charge in [0.05, 0.1) is 18.1 Å². The molecule has 2 heterocycles. The standard InChI is InChI=1S/C17H22N4O5/c1-11(2)6-14(17(24)25)20-8-13(16(22)23)15-9-19-10-21(15)26-12-4-3-5-18-7-12/h3-5,7,9-11,13-14,20H,6,8H2,1-2H3,(H,22,23)(H,24,25). The van der Waals surface area contributed by atoms with Gasteiger partial charge in [-0.3, -0.25) is 14.6 Å².